The van der Waals surface area contributed by atoms with Gasteiger partial charge in [0, 0.05) is 6.54 Å². The Bertz CT molecular complexity index is 292. The summed E-state index contributed by atoms with van der Waals surface area (Å²) >= 11 is 0. The van der Waals surface area contributed by atoms with E-state index >= 15 is 0 Å². The molecule has 0 saturated heterocycles. The number of likely N-dealkylation sites (N-methyl/N-ethyl adjacent to an activating group) is 1. The molecule has 3 heteroatoms. The molecule has 0 radical (unpaired) electrons. The maximum Gasteiger partial charge on any atom is 0.125 e. The number of aryl methyl sites for hydroxylation is 2. The third kappa shape index (κ3) is 3.53. The number of aliphatic hydroxyl groups excluding tert-OH is 1. The van der Waals surface area contributed by atoms with Crippen molar-refractivity contribution in [3.63, 3.8) is 0 Å². The molecule has 0 fully saturated rings. The first-order valence-corrected chi connectivity index (χ1v) is 5.17. The van der Waals surface area contributed by atoms with Gasteiger partial charge in [-0.05, 0) is 32.0 Å². The van der Waals surface area contributed by atoms with Crippen LogP contribution < -0.4 is 10.1 Å². The Balaban J connectivity index is 2.57. The minimum absolute atomic E-state index is 0.326. The van der Waals surface area contributed by atoms with E-state index < -0.39 is 6.10 Å². The highest BCUT2D eigenvalue weighted by Crippen LogP contribution is 2.22. The molecule has 1 atom stereocenters. The van der Waals surface area contributed by atoms with Crippen LogP contribution in [-0.2, 0) is 0 Å². The summed E-state index contributed by atoms with van der Waals surface area (Å²) in [4.78, 5) is 0. The van der Waals surface area contributed by atoms with Gasteiger partial charge in [0.05, 0.1) is 0 Å². The van der Waals surface area contributed by atoms with Crippen molar-refractivity contribution in [2.45, 2.75) is 20.0 Å². The average Bonchev–Trinajstić information content (AvgIpc) is 2.17. The largest absolute Gasteiger partial charge is 0.490 e. The Morgan fingerprint density at radius 2 is 1.93 bits per heavy atom. The van der Waals surface area contributed by atoms with Crippen LogP contribution in [0.1, 0.15) is 11.1 Å². The molecule has 0 aliphatic heterocycles. The van der Waals surface area contributed by atoms with Crippen molar-refractivity contribution in [2.24, 2.45) is 0 Å². The van der Waals surface area contributed by atoms with Gasteiger partial charge in [-0.2, -0.15) is 0 Å². The van der Waals surface area contributed by atoms with Gasteiger partial charge in [-0.3, -0.25) is 0 Å². The molecule has 1 unspecified atom stereocenters. The minimum Gasteiger partial charge on any atom is -0.490 e. The molecule has 2 N–H and O–H groups in total. The maximum absolute atomic E-state index is 9.50. The fourth-order valence-corrected chi connectivity index (χ4v) is 1.50. The summed E-state index contributed by atoms with van der Waals surface area (Å²) in [6.45, 7) is 4.89. The molecule has 0 aliphatic carbocycles. The van der Waals surface area contributed by atoms with Crippen LogP contribution in [0.2, 0.25) is 0 Å². The number of nitrogens with one attached hydrogen (secondary N) is 1. The number of para-hydroxylation sites is 1. The van der Waals surface area contributed by atoms with Crippen LogP contribution >= 0.6 is 0 Å². The molecule has 3 nitrogen and oxygen atoms in total. The summed E-state index contributed by atoms with van der Waals surface area (Å²) < 4.78 is 5.59. The summed E-state index contributed by atoms with van der Waals surface area (Å²) in [6, 6.07) is 6.02. The first-order valence-electron chi connectivity index (χ1n) is 5.17. The summed E-state index contributed by atoms with van der Waals surface area (Å²) in [6.07, 6.45) is -0.464. The summed E-state index contributed by atoms with van der Waals surface area (Å²) in [5, 5.41) is 12.4. The van der Waals surface area contributed by atoms with Crippen LogP contribution in [0.4, 0.5) is 0 Å². The second kappa shape index (κ2) is 5.73. The molecule has 84 valence electrons. The zero-order valence-electron chi connectivity index (χ0n) is 9.58. The Kier molecular flexibility index (Phi) is 4.59. The van der Waals surface area contributed by atoms with Crippen molar-refractivity contribution in [3.05, 3.63) is 29.3 Å². The smallest absolute Gasteiger partial charge is 0.125 e. The van der Waals surface area contributed by atoms with Gasteiger partial charge in [0.2, 0.25) is 0 Å². The Labute approximate surface area is 91.1 Å². The first-order chi connectivity index (χ1) is 7.15. The first kappa shape index (κ1) is 12.0. The zero-order valence-corrected chi connectivity index (χ0v) is 9.58. The van der Waals surface area contributed by atoms with Gasteiger partial charge in [0.15, 0.2) is 0 Å². The summed E-state index contributed by atoms with van der Waals surface area (Å²) in [5.41, 5.74) is 2.21. The minimum atomic E-state index is -0.464. The van der Waals surface area contributed by atoms with Crippen molar-refractivity contribution in [1.29, 1.82) is 0 Å². The Hall–Kier alpha value is -1.06. The van der Waals surface area contributed by atoms with Gasteiger partial charge < -0.3 is 15.2 Å². The topological polar surface area (TPSA) is 41.5 Å². The molecule has 0 heterocycles. The van der Waals surface area contributed by atoms with Crippen molar-refractivity contribution in [3.8, 4) is 5.75 Å². The van der Waals surface area contributed by atoms with E-state index in [4.69, 9.17) is 4.74 Å². The molecule has 15 heavy (non-hydrogen) atoms. The third-order valence-corrected chi connectivity index (χ3v) is 2.27. The van der Waals surface area contributed by atoms with Crippen molar-refractivity contribution in [2.75, 3.05) is 20.2 Å². The van der Waals surface area contributed by atoms with Crippen LogP contribution in [-0.4, -0.2) is 31.4 Å². The van der Waals surface area contributed by atoms with Crippen LogP contribution in [0, 0.1) is 13.8 Å². The van der Waals surface area contributed by atoms with Crippen LogP contribution in [0.3, 0.4) is 0 Å². The molecule has 0 bridgehead atoms. The van der Waals surface area contributed by atoms with Gasteiger partial charge >= 0.3 is 0 Å². The lowest BCUT2D eigenvalue weighted by atomic mass is 10.1. The SMILES string of the molecule is CNCC(O)COc1c(C)cccc1C. The molecular weight excluding hydrogens is 190 g/mol. The average molecular weight is 209 g/mol. The van der Waals surface area contributed by atoms with Crippen LogP contribution in [0.25, 0.3) is 0 Å². The molecule has 1 aromatic rings. The van der Waals surface area contributed by atoms with E-state index in [0.717, 1.165) is 16.9 Å². The van der Waals surface area contributed by atoms with E-state index in [0.29, 0.717) is 13.2 Å². The van der Waals surface area contributed by atoms with Gasteiger partial charge in [0.1, 0.15) is 18.5 Å². The molecule has 0 spiro atoms. The summed E-state index contributed by atoms with van der Waals surface area (Å²) in [5.74, 6) is 0.882. The maximum atomic E-state index is 9.50. The monoisotopic (exact) mass is 209 g/mol. The fourth-order valence-electron chi connectivity index (χ4n) is 1.50. The second-order valence-electron chi connectivity index (χ2n) is 3.74. The zero-order chi connectivity index (χ0) is 11.3. The lowest BCUT2D eigenvalue weighted by Crippen LogP contribution is -2.29. The van der Waals surface area contributed by atoms with E-state index in [1.54, 1.807) is 0 Å². The van der Waals surface area contributed by atoms with E-state index in [2.05, 4.69) is 5.32 Å². The number of hydrogen-bond donors (Lipinski definition) is 2. The number of benzene rings is 1. The highest BCUT2D eigenvalue weighted by Gasteiger charge is 2.07. The second-order valence-corrected chi connectivity index (χ2v) is 3.74. The Morgan fingerprint density at radius 3 is 2.47 bits per heavy atom. The van der Waals surface area contributed by atoms with E-state index in [9.17, 15) is 5.11 Å². The molecule has 1 rings (SSSR count). The number of hydrogen-bond acceptors (Lipinski definition) is 3. The van der Waals surface area contributed by atoms with Crippen molar-refractivity contribution < 1.29 is 9.84 Å². The number of ether oxygens (including phenoxy) is 1. The van der Waals surface area contributed by atoms with Gasteiger partial charge in [-0.1, -0.05) is 18.2 Å². The number of rotatable bonds is 5. The highest BCUT2D eigenvalue weighted by atomic mass is 16.5. The van der Waals surface area contributed by atoms with Crippen molar-refractivity contribution >= 4 is 0 Å². The van der Waals surface area contributed by atoms with Crippen molar-refractivity contribution in [1.82, 2.24) is 5.32 Å². The lowest BCUT2D eigenvalue weighted by Gasteiger charge is -2.15. The van der Waals surface area contributed by atoms with Gasteiger partial charge in [0.25, 0.3) is 0 Å². The quantitative estimate of drug-likeness (QED) is 0.767. The third-order valence-electron chi connectivity index (χ3n) is 2.27. The van der Waals surface area contributed by atoms with E-state index in [-0.39, 0.29) is 0 Å². The van der Waals surface area contributed by atoms with E-state index in [1.807, 2.05) is 39.1 Å². The van der Waals surface area contributed by atoms with Gasteiger partial charge in [-0.15, -0.1) is 0 Å². The predicted octanol–water partition coefficient (Wildman–Crippen LogP) is 1.26. The molecular formula is C12H19NO2. The van der Waals surface area contributed by atoms with Crippen LogP contribution in [0.15, 0.2) is 18.2 Å². The predicted molar refractivity (Wildman–Crippen MR) is 61.3 cm³/mol. The van der Waals surface area contributed by atoms with E-state index in [1.165, 1.54) is 0 Å². The molecule has 1 aromatic carbocycles. The Morgan fingerprint density at radius 1 is 1.33 bits per heavy atom. The number of aliphatic hydroxyl groups is 1. The normalized spacial score (nSPS) is 12.5. The molecule has 0 amide bonds. The van der Waals surface area contributed by atoms with Gasteiger partial charge in [-0.25, -0.2) is 0 Å². The van der Waals surface area contributed by atoms with Crippen LogP contribution in [0.5, 0.6) is 5.75 Å². The fraction of sp³-hybridized carbons (Fsp3) is 0.500. The molecule has 0 saturated carbocycles. The highest BCUT2D eigenvalue weighted by molar-refractivity contribution is 5.39. The molecule has 0 aromatic heterocycles. The lowest BCUT2D eigenvalue weighted by molar-refractivity contribution is 0.107. The standard InChI is InChI=1S/C12H19NO2/c1-9-5-4-6-10(2)12(9)15-8-11(14)7-13-3/h4-6,11,13-14H,7-8H2,1-3H3. The summed E-state index contributed by atoms with van der Waals surface area (Å²) in [7, 11) is 1.81. The molecule has 0 aliphatic rings.